The topological polar surface area (TPSA) is 73.1 Å². The van der Waals surface area contributed by atoms with E-state index in [1.807, 2.05) is 0 Å². The predicted octanol–water partition coefficient (Wildman–Crippen LogP) is 2.84. The average Bonchev–Trinajstić information content (AvgIpc) is 2.71. The van der Waals surface area contributed by atoms with Gasteiger partial charge >= 0.3 is 5.69 Å². The van der Waals surface area contributed by atoms with E-state index in [1.165, 1.54) is 10.1 Å². The van der Waals surface area contributed by atoms with Crippen LogP contribution in [0, 0.1) is 0 Å². The minimum absolute atomic E-state index is 0.109. The van der Waals surface area contributed by atoms with Gasteiger partial charge in [0, 0.05) is 13.1 Å². The van der Waals surface area contributed by atoms with Crippen LogP contribution < -0.4 is 16.6 Å². The smallest absolute Gasteiger partial charge is 0.331 e. The summed E-state index contributed by atoms with van der Waals surface area (Å²) in [6.45, 7) is 8.89. The molecule has 158 valence electrons. The van der Waals surface area contributed by atoms with Crippen molar-refractivity contribution < 1.29 is 4.79 Å². The minimum atomic E-state index is -0.464. The highest BCUT2D eigenvalue weighted by Crippen LogP contribution is 2.22. The Kier molecular flexibility index (Phi) is 6.25. The SMILES string of the molecule is CCn1c(=O)c2ccccc2n(CC(=O)NCCc2ccc(C(C)(C)C)cc2)c1=O. The van der Waals surface area contributed by atoms with Crippen LogP contribution >= 0.6 is 0 Å². The van der Waals surface area contributed by atoms with Crippen molar-refractivity contribution in [3.63, 3.8) is 0 Å². The zero-order chi connectivity index (χ0) is 21.9. The van der Waals surface area contributed by atoms with Crippen LogP contribution in [-0.2, 0) is 29.7 Å². The van der Waals surface area contributed by atoms with Gasteiger partial charge in [-0.15, -0.1) is 0 Å². The van der Waals surface area contributed by atoms with E-state index in [1.54, 1.807) is 31.2 Å². The third-order valence-electron chi connectivity index (χ3n) is 5.31. The van der Waals surface area contributed by atoms with Crippen LogP contribution in [0.3, 0.4) is 0 Å². The average molecular weight is 408 g/mol. The summed E-state index contributed by atoms with van der Waals surface area (Å²) in [6, 6.07) is 15.3. The highest BCUT2D eigenvalue weighted by molar-refractivity contribution is 5.81. The molecule has 1 heterocycles. The molecule has 0 spiro atoms. The molecule has 0 aliphatic rings. The Morgan fingerprint density at radius 3 is 2.27 bits per heavy atom. The van der Waals surface area contributed by atoms with Crippen LogP contribution in [0.5, 0.6) is 0 Å². The van der Waals surface area contributed by atoms with Gasteiger partial charge in [0.25, 0.3) is 5.56 Å². The normalized spacial score (nSPS) is 11.6. The number of para-hydroxylation sites is 1. The zero-order valence-electron chi connectivity index (χ0n) is 18.1. The number of hydrogen-bond acceptors (Lipinski definition) is 3. The summed E-state index contributed by atoms with van der Waals surface area (Å²) in [5.74, 6) is -0.255. The van der Waals surface area contributed by atoms with Gasteiger partial charge in [-0.25, -0.2) is 4.79 Å². The summed E-state index contributed by atoms with van der Waals surface area (Å²) in [5, 5.41) is 3.32. The van der Waals surface area contributed by atoms with Crippen LogP contribution in [0.25, 0.3) is 10.9 Å². The lowest BCUT2D eigenvalue weighted by molar-refractivity contribution is -0.121. The van der Waals surface area contributed by atoms with Gasteiger partial charge in [-0.1, -0.05) is 57.2 Å². The van der Waals surface area contributed by atoms with E-state index in [0.29, 0.717) is 23.9 Å². The van der Waals surface area contributed by atoms with Crippen molar-refractivity contribution >= 4 is 16.8 Å². The molecule has 1 amide bonds. The van der Waals surface area contributed by atoms with E-state index in [0.717, 1.165) is 10.1 Å². The zero-order valence-corrected chi connectivity index (χ0v) is 18.1. The number of aromatic nitrogens is 2. The summed E-state index contributed by atoms with van der Waals surface area (Å²) in [5.41, 5.74) is 2.21. The number of fused-ring (bicyclic) bond motifs is 1. The molecule has 6 nitrogen and oxygen atoms in total. The van der Waals surface area contributed by atoms with Gasteiger partial charge in [-0.05, 0) is 42.0 Å². The second kappa shape index (κ2) is 8.69. The number of carbonyl (C=O) groups excluding carboxylic acids is 1. The van der Waals surface area contributed by atoms with Crippen molar-refractivity contribution in [3.8, 4) is 0 Å². The van der Waals surface area contributed by atoms with Crippen LogP contribution in [-0.4, -0.2) is 21.6 Å². The molecule has 0 aliphatic heterocycles. The van der Waals surface area contributed by atoms with Gasteiger partial charge in [0.05, 0.1) is 10.9 Å². The molecule has 3 rings (SSSR count). The van der Waals surface area contributed by atoms with Gasteiger partial charge in [0.1, 0.15) is 6.54 Å². The highest BCUT2D eigenvalue weighted by Gasteiger charge is 2.15. The molecule has 1 aromatic heterocycles. The molecule has 3 aromatic rings. The van der Waals surface area contributed by atoms with Crippen molar-refractivity contribution in [3.05, 3.63) is 80.5 Å². The first-order valence-electron chi connectivity index (χ1n) is 10.3. The number of benzene rings is 2. The molecule has 0 bridgehead atoms. The molecule has 0 radical (unpaired) electrons. The molecule has 6 heteroatoms. The van der Waals surface area contributed by atoms with Gasteiger partial charge in [0.15, 0.2) is 0 Å². The molecule has 30 heavy (non-hydrogen) atoms. The second-order valence-corrected chi connectivity index (χ2v) is 8.48. The molecule has 0 fully saturated rings. The van der Waals surface area contributed by atoms with Gasteiger partial charge < -0.3 is 5.32 Å². The number of rotatable bonds is 6. The quantitative estimate of drug-likeness (QED) is 0.683. The van der Waals surface area contributed by atoms with Crippen LogP contribution in [0.2, 0.25) is 0 Å². The van der Waals surface area contributed by atoms with Gasteiger partial charge in [-0.2, -0.15) is 0 Å². The summed E-state index contributed by atoms with van der Waals surface area (Å²) < 4.78 is 2.53. The lowest BCUT2D eigenvalue weighted by Gasteiger charge is -2.19. The Morgan fingerprint density at radius 2 is 1.63 bits per heavy atom. The third-order valence-corrected chi connectivity index (χ3v) is 5.31. The molecular formula is C24H29N3O3. The number of nitrogens with zero attached hydrogens (tertiary/aromatic N) is 2. The maximum Gasteiger partial charge on any atom is 0.331 e. The van der Waals surface area contributed by atoms with E-state index in [4.69, 9.17) is 0 Å². The molecule has 0 unspecified atom stereocenters. The monoisotopic (exact) mass is 407 g/mol. The Bertz CT molecular complexity index is 1170. The summed E-state index contributed by atoms with van der Waals surface area (Å²) in [4.78, 5) is 37.7. The molecule has 2 aromatic carbocycles. The lowest BCUT2D eigenvalue weighted by Crippen LogP contribution is -2.42. The van der Waals surface area contributed by atoms with Crippen molar-refractivity contribution in [2.75, 3.05) is 6.54 Å². The van der Waals surface area contributed by atoms with E-state index in [-0.39, 0.29) is 30.0 Å². The summed E-state index contributed by atoms with van der Waals surface area (Å²) >= 11 is 0. The van der Waals surface area contributed by atoms with E-state index in [9.17, 15) is 14.4 Å². The molecule has 0 saturated heterocycles. The maximum atomic E-state index is 12.7. The van der Waals surface area contributed by atoms with Gasteiger partial charge in [0.2, 0.25) is 5.91 Å². The first kappa shape index (κ1) is 21.6. The predicted molar refractivity (Wildman–Crippen MR) is 120 cm³/mol. The van der Waals surface area contributed by atoms with Crippen LogP contribution in [0.1, 0.15) is 38.8 Å². The Labute approximate surface area is 176 Å². The van der Waals surface area contributed by atoms with Crippen molar-refractivity contribution in [1.82, 2.24) is 14.5 Å². The summed E-state index contributed by atoms with van der Waals surface area (Å²) in [6.07, 6.45) is 0.709. The minimum Gasteiger partial charge on any atom is -0.354 e. The first-order chi connectivity index (χ1) is 14.2. The maximum absolute atomic E-state index is 12.7. The van der Waals surface area contributed by atoms with E-state index < -0.39 is 5.69 Å². The molecule has 0 atom stereocenters. The largest absolute Gasteiger partial charge is 0.354 e. The molecule has 0 saturated carbocycles. The second-order valence-electron chi connectivity index (χ2n) is 8.48. The number of nitrogens with one attached hydrogen (secondary N) is 1. The number of amides is 1. The fourth-order valence-corrected chi connectivity index (χ4v) is 3.52. The Morgan fingerprint density at radius 1 is 0.967 bits per heavy atom. The van der Waals surface area contributed by atoms with Crippen molar-refractivity contribution in [1.29, 1.82) is 0 Å². The standard InChI is InChI=1S/C24H29N3O3/c1-5-26-22(29)19-8-6-7-9-20(19)27(23(26)30)16-21(28)25-15-14-17-10-12-18(13-11-17)24(2,3)4/h6-13H,5,14-16H2,1-4H3,(H,25,28). The molecule has 1 N–H and O–H groups in total. The lowest BCUT2D eigenvalue weighted by atomic mass is 9.86. The number of carbonyl (C=O) groups is 1. The Hall–Kier alpha value is -3.15. The van der Waals surface area contributed by atoms with Gasteiger partial charge in [-0.3, -0.25) is 18.7 Å². The van der Waals surface area contributed by atoms with E-state index >= 15 is 0 Å². The highest BCUT2D eigenvalue weighted by atomic mass is 16.2. The Balaban J connectivity index is 1.70. The van der Waals surface area contributed by atoms with Crippen molar-refractivity contribution in [2.45, 2.75) is 52.6 Å². The fraction of sp³-hybridized carbons (Fsp3) is 0.375. The van der Waals surface area contributed by atoms with Crippen molar-refractivity contribution in [2.24, 2.45) is 0 Å². The third kappa shape index (κ3) is 4.53. The molecule has 0 aliphatic carbocycles. The molecular weight excluding hydrogens is 378 g/mol. The fourth-order valence-electron chi connectivity index (χ4n) is 3.52. The van der Waals surface area contributed by atoms with Crippen LogP contribution in [0.4, 0.5) is 0 Å². The van der Waals surface area contributed by atoms with E-state index in [2.05, 4.69) is 50.4 Å². The summed E-state index contributed by atoms with van der Waals surface area (Å²) in [7, 11) is 0. The first-order valence-corrected chi connectivity index (χ1v) is 10.3. The number of hydrogen-bond donors (Lipinski definition) is 1. The van der Waals surface area contributed by atoms with Crippen LogP contribution in [0.15, 0.2) is 58.1 Å².